The number of hydrogen-bond donors (Lipinski definition) is 0. The van der Waals surface area contributed by atoms with Crippen LogP contribution in [0.25, 0.3) is 0 Å². The predicted molar refractivity (Wildman–Crippen MR) is 61.2 cm³/mol. The van der Waals surface area contributed by atoms with Crippen molar-refractivity contribution < 1.29 is 13.2 Å². The van der Waals surface area contributed by atoms with E-state index in [0.717, 1.165) is 0 Å². The molecule has 1 rings (SSSR count). The van der Waals surface area contributed by atoms with Crippen molar-refractivity contribution in [1.82, 2.24) is 0 Å². The van der Waals surface area contributed by atoms with E-state index in [9.17, 15) is 8.42 Å². The largest absolute Gasteiger partial charge is 0.491 e. The Morgan fingerprint density at radius 3 is 2.47 bits per heavy atom. The average molecular weight is 251 g/mol. The van der Waals surface area contributed by atoms with Crippen molar-refractivity contribution in [3.8, 4) is 0 Å². The van der Waals surface area contributed by atoms with Crippen LogP contribution in [0.15, 0.2) is 24.0 Å². The van der Waals surface area contributed by atoms with Gasteiger partial charge in [-0.15, -0.1) is 0 Å². The lowest BCUT2D eigenvalue weighted by atomic mass is 10.0. The van der Waals surface area contributed by atoms with Gasteiger partial charge in [-0.25, -0.2) is 8.42 Å². The fraction of sp³-hybridized carbons (Fsp3) is 0.600. The van der Waals surface area contributed by atoms with E-state index >= 15 is 0 Å². The SMILES string of the molecule is CC(C)OC1=CC(C)C(S(=O)(=O)Cl)C=C1. The maximum atomic E-state index is 11.2. The molecule has 0 radical (unpaired) electrons. The number of rotatable bonds is 3. The lowest BCUT2D eigenvalue weighted by Crippen LogP contribution is -2.24. The van der Waals surface area contributed by atoms with Gasteiger partial charge in [0.25, 0.3) is 0 Å². The van der Waals surface area contributed by atoms with Crippen LogP contribution >= 0.6 is 10.7 Å². The highest BCUT2D eigenvalue weighted by Crippen LogP contribution is 2.26. The molecule has 3 nitrogen and oxygen atoms in total. The van der Waals surface area contributed by atoms with E-state index in [0.29, 0.717) is 5.76 Å². The van der Waals surface area contributed by atoms with Gasteiger partial charge in [0.1, 0.15) is 11.0 Å². The Kier molecular flexibility index (Phi) is 3.84. The number of ether oxygens (including phenoxy) is 1. The summed E-state index contributed by atoms with van der Waals surface area (Å²) in [6, 6.07) is 0. The molecular formula is C10H15ClO3S. The molecule has 0 amide bonds. The van der Waals surface area contributed by atoms with Crippen molar-refractivity contribution >= 4 is 19.7 Å². The smallest absolute Gasteiger partial charge is 0.239 e. The first kappa shape index (κ1) is 12.6. The van der Waals surface area contributed by atoms with Gasteiger partial charge < -0.3 is 4.74 Å². The Hall–Kier alpha value is -0.480. The summed E-state index contributed by atoms with van der Waals surface area (Å²) in [5.74, 6) is 0.542. The van der Waals surface area contributed by atoms with Crippen LogP contribution < -0.4 is 0 Å². The van der Waals surface area contributed by atoms with Gasteiger partial charge in [-0.05, 0) is 31.9 Å². The average Bonchev–Trinajstić information content (AvgIpc) is 1.99. The highest BCUT2D eigenvalue weighted by molar-refractivity contribution is 8.14. The second-order valence-electron chi connectivity index (χ2n) is 3.89. The summed E-state index contributed by atoms with van der Waals surface area (Å²) < 4.78 is 27.8. The lowest BCUT2D eigenvalue weighted by Gasteiger charge is -2.21. The molecular weight excluding hydrogens is 236 g/mol. The van der Waals surface area contributed by atoms with Gasteiger partial charge in [0.05, 0.1) is 6.10 Å². The van der Waals surface area contributed by atoms with E-state index in [2.05, 4.69) is 0 Å². The van der Waals surface area contributed by atoms with Gasteiger partial charge in [-0.1, -0.05) is 13.0 Å². The Balaban J connectivity index is 2.80. The molecule has 5 heteroatoms. The Bertz CT molecular complexity index is 381. The predicted octanol–water partition coefficient (Wildman–Crippen LogP) is 2.44. The minimum atomic E-state index is -3.54. The van der Waals surface area contributed by atoms with Crippen LogP contribution in [0.3, 0.4) is 0 Å². The molecule has 0 bridgehead atoms. The molecule has 0 aromatic heterocycles. The van der Waals surface area contributed by atoms with Gasteiger partial charge >= 0.3 is 0 Å². The molecule has 0 aliphatic heterocycles. The topological polar surface area (TPSA) is 43.4 Å². The molecule has 0 saturated carbocycles. The quantitative estimate of drug-likeness (QED) is 0.723. The van der Waals surface area contributed by atoms with Crippen LogP contribution in [0.2, 0.25) is 0 Å². The molecule has 0 aromatic rings. The molecule has 0 spiro atoms. The molecule has 1 aliphatic rings. The summed E-state index contributed by atoms with van der Waals surface area (Å²) >= 11 is 0. The number of allylic oxidation sites excluding steroid dienone is 2. The highest BCUT2D eigenvalue weighted by Gasteiger charge is 2.28. The van der Waals surface area contributed by atoms with Crippen LogP contribution in [-0.2, 0) is 13.8 Å². The Morgan fingerprint density at radius 1 is 1.47 bits per heavy atom. The zero-order valence-corrected chi connectivity index (χ0v) is 10.5. The van der Waals surface area contributed by atoms with Gasteiger partial charge in [-0.3, -0.25) is 0 Å². The number of halogens is 1. The minimum Gasteiger partial charge on any atom is -0.491 e. The van der Waals surface area contributed by atoms with E-state index in [4.69, 9.17) is 15.4 Å². The van der Waals surface area contributed by atoms with E-state index in [1.54, 1.807) is 25.2 Å². The monoisotopic (exact) mass is 250 g/mol. The third-order valence-electron chi connectivity index (χ3n) is 2.09. The Morgan fingerprint density at radius 2 is 2.07 bits per heavy atom. The first-order valence-corrected chi connectivity index (χ1v) is 7.18. The fourth-order valence-electron chi connectivity index (χ4n) is 1.48. The summed E-state index contributed by atoms with van der Waals surface area (Å²) in [4.78, 5) is 0. The van der Waals surface area contributed by atoms with E-state index in [1.165, 1.54) is 0 Å². The third kappa shape index (κ3) is 3.54. The summed E-state index contributed by atoms with van der Waals surface area (Å²) in [5.41, 5.74) is 0. The van der Waals surface area contributed by atoms with Crippen LogP contribution in [0.5, 0.6) is 0 Å². The maximum Gasteiger partial charge on any atom is 0.239 e. The van der Waals surface area contributed by atoms with Crippen molar-refractivity contribution in [2.24, 2.45) is 5.92 Å². The first-order chi connectivity index (χ1) is 6.80. The molecule has 0 saturated heterocycles. The van der Waals surface area contributed by atoms with Crippen LogP contribution in [0.4, 0.5) is 0 Å². The van der Waals surface area contributed by atoms with E-state index in [1.807, 2.05) is 13.8 Å². The third-order valence-corrected chi connectivity index (χ3v) is 3.95. The second-order valence-corrected chi connectivity index (χ2v) is 6.68. The van der Waals surface area contributed by atoms with Gasteiger partial charge in [0.15, 0.2) is 0 Å². The van der Waals surface area contributed by atoms with Crippen molar-refractivity contribution in [1.29, 1.82) is 0 Å². The zero-order valence-electron chi connectivity index (χ0n) is 8.98. The van der Waals surface area contributed by atoms with Crippen LogP contribution in [-0.4, -0.2) is 19.8 Å². The fourth-order valence-corrected chi connectivity index (χ4v) is 3.00. The maximum absolute atomic E-state index is 11.2. The van der Waals surface area contributed by atoms with Gasteiger partial charge in [-0.2, -0.15) is 0 Å². The molecule has 0 aromatic carbocycles. The summed E-state index contributed by atoms with van der Waals surface area (Å²) in [6.07, 6.45) is 5.09. The first-order valence-electron chi connectivity index (χ1n) is 4.81. The van der Waals surface area contributed by atoms with Gasteiger partial charge in [0, 0.05) is 10.7 Å². The van der Waals surface area contributed by atoms with E-state index < -0.39 is 14.3 Å². The van der Waals surface area contributed by atoms with E-state index in [-0.39, 0.29) is 12.0 Å². The van der Waals surface area contributed by atoms with Crippen LogP contribution in [0, 0.1) is 5.92 Å². The molecule has 0 heterocycles. The van der Waals surface area contributed by atoms with Crippen molar-refractivity contribution in [2.75, 3.05) is 0 Å². The normalized spacial score (nSPS) is 26.6. The van der Waals surface area contributed by atoms with Crippen molar-refractivity contribution in [2.45, 2.75) is 32.1 Å². The number of hydrogen-bond acceptors (Lipinski definition) is 3. The molecule has 2 atom stereocenters. The highest BCUT2D eigenvalue weighted by atomic mass is 35.7. The summed E-state index contributed by atoms with van der Waals surface area (Å²) in [5, 5.41) is -0.654. The molecule has 86 valence electrons. The minimum absolute atomic E-state index is 0.0808. The van der Waals surface area contributed by atoms with Crippen molar-refractivity contribution in [3.05, 3.63) is 24.0 Å². The molecule has 0 N–H and O–H groups in total. The van der Waals surface area contributed by atoms with Crippen LogP contribution in [0.1, 0.15) is 20.8 Å². The summed E-state index contributed by atoms with van der Waals surface area (Å²) in [7, 11) is 1.77. The molecule has 2 unspecified atom stereocenters. The standard InChI is InChI=1S/C10H15ClO3S/c1-7(2)14-9-4-5-10(8(3)6-9)15(11,12)13/h4-8,10H,1-3H3. The zero-order chi connectivity index (χ0) is 11.6. The molecule has 15 heavy (non-hydrogen) atoms. The summed E-state index contributed by atoms with van der Waals surface area (Å²) in [6.45, 7) is 5.64. The van der Waals surface area contributed by atoms with Crippen molar-refractivity contribution in [3.63, 3.8) is 0 Å². The lowest BCUT2D eigenvalue weighted by molar-refractivity contribution is 0.155. The van der Waals surface area contributed by atoms with Gasteiger partial charge in [0.2, 0.25) is 9.05 Å². The second kappa shape index (κ2) is 4.58. The molecule has 0 fully saturated rings. The Labute approximate surface area is 95.2 Å². The molecule has 1 aliphatic carbocycles.